The molecule has 0 spiro atoms. The van der Waals surface area contributed by atoms with Crippen molar-refractivity contribution >= 4 is 0 Å². The van der Waals surface area contributed by atoms with Crippen LogP contribution in [0.2, 0.25) is 0 Å². The van der Waals surface area contributed by atoms with Crippen LogP contribution in [-0.4, -0.2) is 19.2 Å². The third-order valence-corrected chi connectivity index (χ3v) is 3.79. The van der Waals surface area contributed by atoms with Crippen LogP contribution in [-0.2, 0) is 6.42 Å². The van der Waals surface area contributed by atoms with Crippen molar-refractivity contribution in [3.63, 3.8) is 0 Å². The molecule has 1 aromatic carbocycles. The number of benzene rings is 1. The van der Waals surface area contributed by atoms with Crippen LogP contribution in [0.1, 0.15) is 24.8 Å². The molecule has 2 nitrogen and oxygen atoms in total. The van der Waals surface area contributed by atoms with Crippen LogP contribution in [0.4, 0.5) is 4.39 Å². The van der Waals surface area contributed by atoms with Crippen LogP contribution >= 0.6 is 0 Å². The first kappa shape index (κ1) is 11.0. The van der Waals surface area contributed by atoms with E-state index in [9.17, 15) is 4.39 Å². The van der Waals surface area contributed by atoms with Gasteiger partial charge in [0.25, 0.3) is 0 Å². The lowest BCUT2D eigenvalue weighted by Gasteiger charge is -2.27. The Labute approximate surface area is 101 Å². The van der Waals surface area contributed by atoms with Crippen molar-refractivity contribution in [1.82, 2.24) is 5.32 Å². The van der Waals surface area contributed by atoms with E-state index in [-0.39, 0.29) is 5.82 Å². The van der Waals surface area contributed by atoms with Crippen LogP contribution in [0.25, 0.3) is 0 Å². The Balaban J connectivity index is 1.65. The topological polar surface area (TPSA) is 21.3 Å². The Hall–Kier alpha value is -1.09. The first-order valence-corrected chi connectivity index (χ1v) is 6.46. The molecule has 3 rings (SSSR count). The fourth-order valence-corrected chi connectivity index (χ4v) is 2.92. The van der Waals surface area contributed by atoms with Crippen molar-refractivity contribution in [2.24, 2.45) is 5.92 Å². The number of hydrogen-bond donors (Lipinski definition) is 1. The summed E-state index contributed by atoms with van der Waals surface area (Å²) in [5.74, 6) is 1.10. The Morgan fingerprint density at radius 3 is 3.18 bits per heavy atom. The van der Waals surface area contributed by atoms with Crippen LogP contribution in [0.15, 0.2) is 18.2 Å². The van der Waals surface area contributed by atoms with E-state index < -0.39 is 0 Å². The lowest BCUT2D eigenvalue weighted by atomic mass is 9.90. The zero-order valence-corrected chi connectivity index (χ0v) is 9.92. The maximum absolute atomic E-state index is 13.0. The lowest BCUT2D eigenvalue weighted by Crippen LogP contribution is -2.30. The average Bonchev–Trinajstić information content (AvgIpc) is 2.82. The molecule has 0 radical (unpaired) electrons. The number of ether oxygens (including phenoxy) is 1. The van der Waals surface area contributed by atoms with Gasteiger partial charge in [0.15, 0.2) is 0 Å². The molecule has 1 saturated heterocycles. The Kier molecular flexibility index (Phi) is 3.02. The van der Waals surface area contributed by atoms with Crippen LogP contribution in [0.3, 0.4) is 0 Å². The SMILES string of the molecule is Fc1ccc2c(c1)OCC(CC1CCCN1)C2. The van der Waals surface area contributed by atoms with E-state index in [4.69, 9.17) is 4.74 Å². The number of rotatable bonds is 2. The average molecular weight is 235 g/mol. The van der Waals surface area contributed by atoms with Crippen LogP contribution < -0.4 is 10.1 Å². The molecule has 0 saturated carbocycles. The number of hydrogen-bond acceptors (Lipinski definition) is 2. The number of fused-ring (bicyclic) bond motifs is 1. The quantitative estimate of drug-likeness (QED) is 0.850. The summed E-state index contributed by atoms with van der Waals surface area (Å²) in [4.78, 5) is 0. The molecule has 2 unspecified atom stereocenters. The Bertz CT molecular complexity index is 401. The molecule has 17 heavy (non-hydrogen) atoms. The molecule has 0 aromatic heterocycles. The van der Waals surface area contributed by atoms with E-state index >= 15 is 0 Å². The molecule has 1 aromatic rings. The van der Waals surface area contributed by atoms with Gasteiger partial charge in [-0.15, -0.1) is 0 Å². The highest BCUT2D eigenvalue weighted by molar-refractivity contribution is 5.35. The zero-order valence-electron chi connectivity index (χ0n) is 9.92. The highest BCUT2D eigenvalue weighted by Crippen LogP contribution is 2.30. The third kappa shape index (κ3) is 2.44. The van der Waals surface area contributed by atoms with Crippen LogP contribution in [0, 0.1) is 11.7 Å². The largest absolute Gasteiger partial charge is 0.493 e. The van der Waals surface area contributed by atoms with E-state index in [1.54, 1.807) is 0 Å². The van der Waals surface area contributed by atoms with E-state index in [0.29, 0.717) is 12.0 Å². The molecule has 1 N–H and O–H groups in total. The predicted octanol–water partition coefficient (Wildman–Crippen LogP) is 2.52. The molecule has 2 heterocycles. The second-order valence-corrected chi connectivity index (χ2v) is 5.16. The van der Waals surface area contributed by atoms with Crippen molar-refractivity contribution < 1.29 is 9.13 Å². The predicted molar refractivity (Wildman–Crippen MR) is 64.7 cm³/mol. The second kappa shape index (κ2) is 4.65. The van der Waals surface area contributed by atoms with Crippen molar-refractivity contribution in [3.8, 4) is 5.75 Å². The highest BCUT2D eigenvalue weighted by atomic mass is 19.1. The lowest BCUT2D eigenvalue weighted by molar-refractivity contribution is 0.203. The molecule has 92 valence electrons. The van der Waals surface area contributed by atoms with Gasteiger partial charge in [-0.25, -0.2) is 4.39 Å². The summed E-state index contributed by atoms with van der Waals surface area (Å²) in [5.41, 5.74) is 1.15. The second-order valence-electron chi connectivity index (χ2n) is 5.16. The summed E-state index contributed by atoms with van der Waals surface area (Å²) in [7, 11) is 0. The standard InChI is InChI=1S/C14H18FNO/c15-12-4-3-11-6-10(9-17-14(11)8-12)7-13-2-1-5-16-13/h3-4,8,10,13,16H,1-2,5-7,9H2. The normalized spacial score (nSPS) is 27.6. The summed E-state index contributed by atoms with van der Waals surface area (Å²) in [6, 6.07) is 5.54. The van der Waals surface area contributed by atoms with Crippen LogP contribution in [0.5, 0.6) is 5.75 Å². The van der Waals surface area contributed by atoms with Gasteiger partial charge in [-0.1, -0.05) is 6.07 Å². The molecule has 2 atom stereocenters. The van der Waals surface area contributed by atoms with Gasteiger partial charge in [0.05, 0.1) is 6.61 Å². The van der Waals surface area contributed by atoms with Gasteiger partial charge in [-0.2, -0.15) is 0 Å². The van der Waals surface area contributed by atoms with E-state index in [0.717, 1.165) is 30.9 Å². The molecular formula is C14H18FNO. The first-order chi connectivity index (χ1) is 8.31. The molecule has 2 aliphatic rings. The van der Waals surface area contributed by atoms with Gasteiger partial charge in [-0.3, -0.25) is 0 Å². The summed E-state index contributed by atoms with van der Waals surface area (Å²) >= 11 is 0. The van der Waals surface area contributed by atoms with Gasteiger partial charge >= 0.3 is 0 Å². The fourth-order valence-electron chi connectivity index (χ4n) is 2.92. The minimum absolute atomic E-state index is 0.209. The van der Waals surface area contributed by atoms with Gasteiger partial charge < -0.3 is 10.1 Å². The summed E-state index contributed by atoms with van der Waals surface area (Å²) in [5, 5.41) is 3.52. The van der Waals surface area contributed by atoms with Crippen molar-refractivity contribution in [2.75, 3.05) is 13.2 Å². The van der Waals surface area contributed by atoms with E-state index in [1.807, 2.05) is 6.07 Å². The van der Waals surface area contributed by atoms with Crippen molar-refractivity contribution in [2.45, 2.75) is 31.7 Å². The highest BCUT2D eigenvalue weighted by Gasteiger charge is 2.24. The van der Waals surface area contributed by atoms with Gasteiger partial charge in [-0.05, 0) is 49.8 Å². The number of nitrogens with one attached hydrogen (secondary N) is 1. The molecular weight excluding hydrogens is 217 g/mol. The molecule has 0 bridgehead atoms. The minimum atomic E-state index is -0.209. The first-order valence-electron chi connectivity index (χ1n) is 6.46. The summed E-state index contributed by atoms with van der Waals surface area (Å²) in [6.45, 7) is 1.88. The maximum Gasteiger partial charge on any atom is 0.126 e. The third-order valence-electron chi connectivity index (χ3n) is 3.79. The van der Waals surface area contributed by atoms with Gasteiger partial charge in [0.1, 0.15) is 11.6 Å². The fraction of sp³-hybridized carbons (Fsp3) is 0.571. The molecule has 0 aliphatic carbocycles. The molecule has 3 heteroatoms. The number of halogens is 1. The minimum Gasteiger partial charge on any atom is -0.493 e. The molecule has 1 fully saturated rings. The zero-order chi connectivity index (χ0) is 11.7. The van der Waals surface area contributed by atoms with Gasteiger partial charge in [0.2, 0.25) is 0 Å². The van der Waals surface area contributed by atoms with E-state index in [1.165, 1.54) is 31.4 Å². The molecule has 0 amide bonds. The smallest absolute Gasteiger partial charge is 0.126 e. The maximum atomic E-state index is 13.0. The van der Waals surface area contributed by atoms with Gasteiger partial charge in [0, 0.05) is 12.1 Å². The van der Waals surface area contributed by atoms with Crippen molar-refractivity contribution in [1.29, 1.82) is 0 Å². The Morgan fingerprint density at radius 1 is 1.41 bits per heavy atom. The monoisotopic (exact) mass is 235 g/mol. The Morgan fingerprint density at radius 2 is 2.35 bits per heavy atom. The molecule has 2 aliphatic heterocycles. The van der Waals surface area contributed by atoms with Crippen molar-refractivity contribution in [3.05, 3.63) is 29.6 Å². The van der Waals surface area contributed by atoms with E-state index in [2.05, 4.69) is 5.32 Å². The summed E-state index contributed by atoms with van der Waals surface area (Å²) < 4.78 is 18.7. The summed E-state index contributed by atoms with van der Waals surface area (Å²) in [6.07, 6.45) is 4.78.